The van der Waals surface area contributed by atoms with E-state index in [9.17, 15) is 0 Å². The fourth-order valence-electron chi connectivity index (χ4n) is 4.38. The number of likely N-dealkylation sites (N-methyl/N-ethyl adjacent to an activating group) is 1. The highest BCUT2D eigenvalue weighted by Gasteiger charge is 2.23. The van der Waals surface area contributed by atoms with E-state index < -0.39 is 5.54 Å². The molecule has 8 heteroatoms. The first-order valence-electron chi connectivity index (χ1n) is 11.7. The molecule has 33 heavy (non-hydrogen) atoms. The zero-order chi connectivity index (χ0) is 23.6. The molecule has 1 fully saturated rings. The number of rotatable bonds is 8. The van der Waals surface area contributed by atoms with Crippen LogP contribution in [0.5, 0.6) is 5.88 Å². The van der Waals surface area contributed by atoms with Crippen LogP contribution in [0.3, 0.4) is 0 Å². The fourth-order valence-corrected chi connectivity index (χ4v) is 5.29. The topological polar surface area (TPSA) is 79.5 Å². The number of thiophene rings is 1. The number of piperazine rings is 1. The first kappa shape index (κ1) is 23.7. The summed E-state index contributed by atoms with van der Waals surface area (Å²) in [6.07, 6.45) is 0.884. The van der Waals surface area contributed by atoms with Gasteiger partial charge in [-0.15, -0.1) is 11.3 Å². The zero-order valence-electron chi connectivity index (χ0n) is 20.4. The second kappa shape index (κ2) is 9.83. The summed E-state index contributed by atoms with van der Waals surface area (Å²) >= 11 is 1.61. The van der Waals surface area contributed by atoms with Crippen LogP contribution in [0.4, 0.5) is 17.3 Å². The minimum atomic E-state index is -0.415. The van der Waals surface area contributed by atoms with Crippen molar-refractivity contribution in [2.75, 3.05) is 50.1 Å². The number of nitrogens with two attached hydrogens (primary N) is 1. The van der Waals surface area contributed by atoms with Crippen molar-refractivity contribution in [3.05, 3.63) is 35.2 Å². The Morgan fingerprint density at radius 1 is 1.15 bits per heavy atom. The van der Waals surface area contributed by atoms with E-state index >= 15 is 0 Å². The van der Waals surface area contributed by atoms with Crippen molar-refractivity contribution in [3.63, 3.8) is 0 Å². The lowest BCUT2D eigenvalue weighted by Gasteiger charge is -2.34. The number of benzene rings is 1. The van der Waals surface area contributed by atoms with Crippen molar-refractivity contribution in [2.45, 2.75) is 39.7 Å². The van der Waals surface area contributed by atoms with Crippen LogP contribution in [-0.2, 0) is 0 Å². The van der Waals surface area contributed by atoms with E-state index in [2.05, 4.69) is 72.6 Å². The standard InChI is InChI=1S/C25H36N6OS/c1-17(2)14-25(4,26)16-32-22-21-18(3)15-33-23(21)29-24(28-22)27-19-6-8-20(9-7-19)31-12-10-30(5)11-13-31/h6-9,15,17H,10-14,16,26H2,1-5H3,(H,27,28,29). The van der Waals surface area contributed by atoms with Gasteiger partial charge in [-0.25, -0.2) is 4.98 Å². The minimum Gasteiger partial charge on any atom is -0.475 e. The Balaban J connectivity index is 1.51. The van der Waals surface area contributed by atoms with Crippen LogP contribution < -0.4 is 20.7 Å². The largest absolute Gasteiger partial charge is 0.475 e. The summed E-state index contributed by atoms with van der Waals surface area (Å²) in [6, 6.07) is 8.48. The molecular weight excluding hydrogens is 432 g/mol. The molecule has 0 aliphatic carbocycles. The molecular formula is C25H36N6OS. The quantitative estimate of drug-likeness (QED) is 0.499. The van der Waals surface area contributed by atoms with Gasteiger partial charge < -0.3 is 25.6 Å². The lowest BCUT2D eigenvalue weighted by Crippen LogP contribution is -2.44. The SMILES string of the molecule is Cc1csc2nc(Nc3ccc(N4CCN(C)CC4)cc3)nc(OCC(C)(N)CC(C)C)c12. The van der Waals surface area contributed by atoms with E-state index in [0.29, 0.717) is 24.4 Å². The Morgan fingerprint density at radius 2 is 1.85 bits per heavy atom. The molecule has 3 aromatic rings. The number of aryl methyl sites for hydroxylation is 1. The van der Waals surface area contributed by atoms with Gasteiger partial charge in [0.25, 0.3) is 0 Å². The molecule has 0 saturated carbocycles. The van der Waals surface area contributed by atoms with Crippen LogP contribution in [-0.4, -0.2) is 60.2 Å². The second-order valence-electron chi connectivity index (χ2n) is 9.95. The number of hydrogen-bond acceptors (Lipinski definition) is 8. The number of anilines is 3. The molecule has 3 heterocycles. The van der Waals surface area contributed by atoms with Crippen molar-refractivity contribution in [1.82, 2.24) is 14.9 Å². The molecule has 0 spiro atoms. The molecule has 1 saturated heterocycles. The molecule has 0 bridgehead atoms. The number of nitrogens with zero attached hydrogens (tertiary/aromatic N) is 4. The van der Waals surface area contributed by atoms with Gasteiger partial charge in [0.15, 0.2) is 0 Å². The van der Waals surface area contributed by atoms with E-state index in [-0.39, 0.29) is 0 Å². The third kappa shape index (κ3) is 5.93. The highest BCUT2D eigenvalue weighted by Crippen LogP contribution is 2.33. The van der Waals surface area contributed by atoms with Crippen molar-refractivity contribution in [3.8, 4) is 5.88 Å². The highest BCUT2D eigenvalue weighted by atomic mass is 32.1. The molecule has 0 radical (unpaired) electrons. The van der Waals surface area contributed by atoms with Crippen LogP contribution in [0, 0.1) is 12.8 Å². The zero-order valence-corrected chi connectivity index (χ0v) is 21.2. The summed E-state index contributed by atoms with van der Waals surface area (Å²) in [5, 5.41) is 6.42. The predicted molar refractivity (Wildman–Crippen MR) is 139 cm³/mol. The third-order valence-corrected chi connectivity index (χ3v) is 6.98. The Bertz CT molecular complexity index is 1070. The summed E-state index contributed by atoms with van der Waals surface area (Å²) < 4.78 is 6.19. The highest BCUT2D eigenvalue weighted by molar-refractivity contribution is 7.17. The summed E-state index contributed by atoms with van der Waals surface area (Å²) in [5.41, 5.74) is 9.39. The average molecular weight is 469 g/mol. The number of aromatic nitrogens is 2. The fraction of sp³-hybridized carbons (Fsp3) is 0.520. The molecule has 1 aliphatic heterocycles. The second-order valence-corrected chi connectivity index (χ2v) is 10.8. The summed E-state index contributed by atoms with van der Waals surface area (Å²) in [5.74, 6) is 1.63. The van der Waals surface area contributed by atoms with E-state index in [1.54, 1.807) is 11.3 Å². The lowest BCUT2D eigenvalue weighted by atomic mass is 9.93. The Morgan fingerprint density at radius 3 is 2.52 bits per heavy atom. The normalized spacial score (nSPS) is 16.9. The minimum absolute atomic E-state index is 0.408. The maximum absolute atomic E-state index is 6.48. The van der Waals surface area contributed by atoms with Crippen molar-refractivity contribution >= 4 is 38.9 Å². The van der Waals surface area contributed by atoms with Gasteiger partial charge in [-0.1, -0.05) is 13.8 Å². The van der Waals surface area contributed by atoms with Gasteiger partial charge in [0.05, 0.1) is 5.39 Å². The van der Waals surface area contributed by atoms with Gasteiger partial charge in [0, 0.05) is 43.1 Å². The van der Waals surface area contributed by atoms with E-state index in [1.165, 1.54) is 5.69 Å². The Kier molecular flexibility index (Phi) is 7.07. The van der Waals surface area contributed by atoms with Gasteiger partial charge in [-0.2, -0.15) is 4.98 Å². The molecule has 4 rings (SSSR count). The van der Waals surface area contributed by atoms with Crippen LogP contribution >= 0.6 is 11.3 Å². The van der Waals surface area contributed by atoms with Gasteiger partial charge in [-0.05, 0) is 68.4 Å². The first-order chi connectivity index (χ1) is 15.7. The van der Waals surface area contributed by atoms with E-state index in [1.807, 2.05) is 6.92 Å². The maximum atomic E-state index is 6.48. The monoisotopic (exact) mass is 468 g/mol. The molecule has 1 unspecified atom stereocenters. The number of fused-ring (bicyclic) bond motifs is 1. The number of nitrogens with one attached hydrogen (secondary N) is 1. The number of ether oxygens (including phenoxy) is 1. The molecule has 1 aliphatic rings. The summed E-state index contributed by atoms with van der Waals surface area (Å²) in [7, 11) is 2.17. The molecule has 178 valence electrons. The molecule has 1 atom stereocenters. The maximum Gasteiger partial charge on any atom is 0.231 e. The van der Waals surface area contributed by atoms with Crippen LogP contribution in [0.15, 0.2) is 29.6 Å². The van der Waals surface area contributed by atoms with Crippen molar-refractivity contribution < 1.29 is 4.74 Å². The molecule has 0 amide bonds. The van der Waals surface area contributed by atoms with Crippen LogP contribution in [0.25, 0.3) is 10.2 Å². The molecule has 1 aromatic carbocycles. The predicted octanol–water partition coefficient (Wildman–Crippen LogP) is 4.64. The van der Waals surface area contributed by atoms with Gasteiger partial charge >= 0.3 is 0 Å². The Labute approximate surface area is 201 Å². The third-order valence-electron chi connectivity index (χ3n) is 5.99. The molecule has 7 nitrogen and oxygen atoms in total. The van der Waals surface area contributed by atoms with Crippen molar-refractivity contribution in [1.29, 1.82) is 0 Å². The average Bonchev–Trinajstić information content (AvgIpc) is 3.13. The molecule has 3 N–H and O–H groups in total. The van der Waals surface area contributed by atoms with Crippen LogP contribution in [0.1, 0.15) is 32.8 Å². The van der Waals surface area contributed by atoms with Gasteiger partial charge in [-0.3, -0.25) is 0 Å². The number of hydrogen-bond donors (Lipinski definition) is 2. The lowest BCUT2D eigenvalue weighted by molar-refractivity contribution is 0.203. The summed E-state index contributed by atoms with van der Waals surface area (Å²) in [6.45, 7) is 13.2. The smallest absolute Gasteiger partial charge is 0.231 e. The van der Waals surface area contributed by atoms with Crippen LogP contribution in [0.2, 0.25) is 0 Å². The molecule has 2 aromatic heterocycles. The van der Waals surface area contributed by atoms with E-state index in [4.69, 9.17) is 20.4 Å². The van der Waals surface area contributed by atoms with E-state index in [0.717, 1.165) is 54.1 Å². The van der Waals surface area contributed by atoms with Crippen molar-refractivity contribution in [2.24, 2.45) is 11.7 Å². The van der Waals surface area contributed by atoms with Gasteiger partial charge in [0.2, 0.25) is 11.8 Å². The summed E-state index contributed by atoms with van der Waals surface area (Å²) in [4.78, 5) is 15.2. The first-order valence-corrected chi connectivity index (χ1v) is 12.6. The Hall–Kier alpha value is -2.42. The van der Waals surface area contributed by atoms with Gasteiger partial charge in [0.1, 0.15) is 11.4 Å².